The molecule has 0 unspecified atom stereocenters. The molecule has 0 aliphatic heterocycles. The third-order valence-electron chi connectivity index (χ3n) is 1.82. The van der Waals surface area contributed by atoms with Gasteiger partial charge < -0.3 is 5.11 Å². The van der Waals surface area contributed by atoms with Gasteiger partial charge in [0.05, 0.1) is 11.4 Å². The minimum Gasteiger partial charge on any atom is -0.508 e. The van der Waals surface area contributed by atoms with Gasteiger partial charge in [-0.05, 0) is 34.7 Å². The molecule has 1 heterocycles. The van der Waals surface area contributed by atoms with Crippen molar-refractivity contribution in [1.82, 2.24) is 20.2 Å². The van der Waals surface area contributed by atoms with Crippen molar-refractivity contribution in [3.8, 4) is 23.8 Å². The molecule has 0 saturated heterocycles. The number of rotatable bonds is 3. The number of tetrazole rings is 1. The first-order valence-electron chi connectivity index (χ1n) is 4.45. The van der Waals surface area contributed by atoms with E-state index in [2.05, 4.69) is 21.4 Å². The van der Waals surface area contributed by atoms with E-state index in [4.69, 9.17) is 6.42 Å². The summed E-state index contributed by atoms with van der Waals surface area (Å²) in [5.74, 6) is 3.22. The molecule has 80 valence electrons. The minimum atomic E-state index is 0.203. The zero-order chi connectivity index (χ0) is 11.4. The van der Waals surface area contributed by atoms with Crippen LogP contribution in [0.2, 0.25) is 0 Å². The van der Waals surface area contributed by atoms with Crippen molar-refractivity contribution in [3.63, 3.8) is 0 Å². The molecule has 5 nitrogen and oxygen atoms in total. The molecular formula is C10H8N4OS. The molecule has 1 aromatic heterocycles. The topological polar surface area (TPSA) is 63.8 Å². The van der Waals surface area contributed by atoms with Crippen molar-refractivity contribution in [3.05, 3.63) is 24.3 Å². The van der Waals surface area contributed by atoms with Gasteiger partial charge in [-0.1, -0.05) is 17.7 Å². The Morgan fingerprint density at radius 2 is 2.12 bits per heavy atom. The van der Waals surface area contributed by atoms with Crippen LogP contribution in [0.3, 0.4) is 0 Å². The second-order valence-corrected chi connectivity index (χ2v) is 3.82. The van der Waals surface area contributed by atoms with Crippen LogP contribution in [0.1, 0.15) is 0 Å². The van der Waals surface area contributed by atoms with Crippen LogP contribution in [-0.2, 0) is 0 Å². The molecule has 6 heteroatoms. The predicted molar refractivity (Wildman–Crippen MR) is 60.4 cm³/mol. The molecule has 0 bridgehead atoms. The van der Waals surface area contributed by atoms with E-state index in [0.29, 0.717) is 10.9 Å². The Morgan fingerprint density at radius 3 is 2.81 bits per heavy atom. The monoisotopic (exact) mass is 232 g/mol. The summed E-state index contributed by atoms with van der Waals surface area (Å²) in [6.45, 7) is 0. The van der Waals surface area contributed by atoms with Crippen molar-refractivity contribution in [2.24, 2.45) is 0 Å². The minimum absolute atomic E-state index is 0.203. The molecular weight excluding hydrogens is 224 g/mol. The molecule has 0 fully saturated rings. The first-order chi connectivity index (χ1) is 7.81. The summed E-state index contributed by atoms with van der Waals surface area (Å²) in [5.41, 5.74) is 0.780. The fraction of sp³-hybridized carbons (Fsp3) is 0.100. The van der Waals surface area contributed by atoms with E-state index in [-0.39, 0.29) is 5.75 Å². The predicted octanol–water partition coefficient (Wildman–Crippen LogP) is 1.09. The number of terminal acetylenes is 1. The number of phenols is 1. The SMILES string of the molecule is C#CCSc1nnnn1-c1ccc(O)cc1. The van der Waals surface area contributed by atoms with Gasteiger partial charge in [0.25, 0.3) is 0 Å². The maximum atomic E-state index is 9.17. The van der Waals surface area contributed by atoms with Gasteiger partial charge in [-0.3, -0.25) is 0 Å². The fourth-order valence-electron chi connectivity index (χ4n) is 1.13. The molecule has 0 aliphatic rings. The normalized spacial score (nSPS) is 9.94. The van der Waals surface area contributed by atoms with Crippen LogP contribution in [0, 0.1) is 12.3 Å². The first kappa shape index (κ1) is 10.5. The second kappa shape index (κ2) is 4.68. The van der Waals surface area contributed by atoms with Crippen molar-refractivity contribution in [2.45, 2.75) is 5.16 Å². The van der Waals surface area contributed by atoms with Crippen molar-refractivity contribution < 1.29 is 5.11 Å². The highest BCUT2D eigenvalue weighted by atomic mass is 32.2. The van der Waals surface area contributed by atoms with Crippen LogP contribution in [-0.4, -0.2) is 31.1 Å². The van der Waals surface area contributed by atoms with Crippen molar-refractivity contribution in [2.75, 3.05) is 5.75 Å². The maximum Gasteiger partial charge on any atom is 0.215 e. The number of hydrogen-bond donors (Lipinski definition) is 1. The number of nitrogens with zero attached hydrogens (tertiary/aromatic N) is 4. The molecule has 2 rings (SSSR count). The molecule has 0 amide bonds. The van der Waals surface area contributed by atoms with Crippen LogP contribution in [0.5, 0.6) is 5.75 Å². The van der Waals surface area contributed by atoms with Gasteiger partial charge in [-0.25, -0.2) is 0 Å². The number of aromatic nitrogens is 4. The Balaban J connectivity index is 2.30. The highest BCUT2D eigenvalue weighted by Gasteiger charge is 2.07. The zero-order valence-corrected chi connectivity index (χ0v) is 9.05. The number of hydrogen-bond acceptors (Lipinski definition) is 5. The van der Waals surface area contributed by atoms with E-state index in [0.717, 1.165) is 5.69 Å². The fourth-order valence-corrected chi connectivity index (χ4v) is 1.70. The van der Waals surface area contributed by atoms with Crippen molar-refractivity contribution in [1.29, 1.82) is 0 Å². The summed E-state index contributed by atoms with van der Waals surface area (Å²) >= 11 is 1.38. The van der Waals surface area contributed by atoms with Crippen LogP contribution < -0.4 is 0 Å². The lowest BCUT2D eigenvalue weighted by atomic mass is 10.3. The first-order valence-corrected chi connectivity index (χ1v) is 5.44. The average molecular weight is 232 g/mol. The summed E-state index contributed by atoms with van der Waals surface area (Å²) in [6, 6.07) is 6.61. The molecule has 1 N–H and O–H groups in total. The van der Waals surface area contributed by atoms with Crippen LogP contribution in [0.25, 0.3) is 5.69 Å². The number of aromatic hydroxyl groups is 1. The molecule has 0 saturated carbocycles. The lowest BCUT2D eigenvalue weighted by Crippen LogP contribution is -1.98. The summed E-state index contributed by atoms with van der Waals surface area (Å²) < 4.78 is 1.57. The standard InChI is InChI=1S/C10H8N4OS/c1-2-7-16-10-11-12-13-14(10)8-3-5-9(15)6-4-8/h1,3-6,15H,7H2. The highest BCUT2D eigenvalue weighted by molar-refractivity contribution is 7.99. The second-order valence-electron chi connectivity index (χ2n) is 2.88. The van der Waals surface area contributed by atoms with E-state index in [1.165, 1.54) is 11.8 Å². The Kier molecular flexibility index (Phi) is 3.08. The van der Waals surface area contributed by atoms with E-state index >= 15 is 0 Å². The summed E-state index contributed by atoms with van der Waals surface area (Å²) in [7, 11) is 0. The van der Waals surface area contributed by atoms with Crippen LogP contribution in [0.4, 0.5) is 0 Å². The zero-order valence-electron chi connectivity index (χ0n) is 8.24. The largest absolute Gasteiger partial charge is 0.508 e. The van der Waals surface area contributed by atoms with E-state index < -0.39 is 0 Å². The Bertz CT molecular complexity index is 514. The van der Waals surface area contributed by atoms with Gasteiger partial charge in [0.2, 0.25) is 5.16 Å². The van der Waals surface area contributed by atoms with Crippen LogP contribution in [0.15, 0.2) is 29.4 Å². The quantitative estimate of drug-likeness (QED) is 0.634. The van der Waals surface area contributed by atoms with Gasteiger partial charge >= 0.3 is 0 Å². The highest BCUT2D eigenvalue weighted by Crippen LogP contribution is 2.19. The van der Waals surface area contributed by atoms with Gasteiger partial charge in [-0.2, -0.15) is 4.68 Å². The molecule has 0 atom stereocenters. The van der Waals surface area contributed by atoms with E-state index in [1.807, 2.05) is 0 Å². The van der Waals surface area contributed by atoms with E-state index in [9.17, 15) is 5.11 Å². The van der Waals surface area contributed by atoms with Crippen molar-refractivity contribution >= 4 is 11.8 Å². The number of benzene rings is 1. The van der Waals surface area contributed by atoms with E-state index in [1.54, 1.807) is 28.9 Å². The van der Waals surface area contributed by atoms with Gasteiger partial charge in [0.1, 0.15) is 5.75 Å². The van der Waals surface area contributed by atoms with Gasteiger partial charge in [0, 0.05) is 0 Å². The summed E-state index contributed by atoms with van der Waals surface area (Å²) in [5, 5.41) is 21.1. The molecule has 16 heavy (non-hydrogen) atoms. The smallest absolute Gasteiger partial charge is 0.215 e. The molecule has 0 spiro atoms. The summed E-state index contributed by atoms with van der Waals surface area (Å²) in [6.07, 6.45) is 5.17. The Labute approximate surface area is 96.5 Å². The lowest BCUT2D eigenvalue weighted by molar-refractivity contribution is 0.475. The maximum absolute atomic E-state index is 9.17. The number of thioether (sulfide) groups is 1. The summed E-state index contributed by atoms with van der Waals surface area (Å²) in [4.78, 5) is 0. The number of phenolic OH excluding ortho intramolecular Hbond substituents is 1. The molecule has 0 radical (unpaired) electrons. The third-order valence-corrected chi connectivity index (χ3v) is 2.64. The Hall–Kier alpha value is -2.00. The third kappa shape index (κ3) is 2.15. The average Bonchev–Trinajstić information content (AvgIpc) is 2.75. The van der Waals surface area contributed by atoms with Crippen LogP contribution >= 0.6 is 11.8 Å². The molecule has 0 aliphatic carbocycles. The van der Waals surface area contributed by atoms with Gasteiger partial charge in [-0.15, -0.1) is 11.5 Å². The lowest BCUT2D eigenvalue weighted by Gasteiger charge is -2.02. The molecule has 1 aromatic carbocycles. The van der Waals surface area contributed by atoms with Gasteiger partial charge in [0.15, 0.2) is 0 Å². The molecule has 2 aromatic rings. The Morgan fingerprint density at radius 1 is 1.38 bits per heavy atom.